The summed E-state index contributed by atoms with van der Waals surface area (Å²) >= 11 is 1.10. The van der Waals surface area contributed by atoms with Crippen molar-refractivity contribution in [3.63, 3.8) is 0 Å². The molecule has 1 aromatic rings. The Balaban J connectivity index is 2.29. The minimum Gasteiger partial charge on any atom is -0.481 e. The van der Waals surface area contributed by atoms with Gasteiger partial charge < -0.3 is 10.4 Å². The van der Waals surface area contributed by atoms with Crippen LogP contribution in [0.15, 0.2) is 0 Å². The van der Waals surface area contributed by atoms with Crippen molar-refractivity contribution in [3.8, 4) is 0 Å². The van der Waals surface area contributed by atoms with Gasteiger partial charge >= 0.3 is 5.97 Å². The van der Waals surface area contributed by atoms with E-state index in [4.69, 9.17) is 5.11 Å². The highest BCUT2D eigenvalue weighted by Crippen LogP contribution is 2.12. The van der Waals surface area contributed by atoms with Gasteiger partial charge in [-0.2, -0.15) is 0 Å². The number of hydrogen-bond acceptors (Lipinski definition) is 5. The van der Waals surface area contributed by atoms with E-state index in [2.05, 4.69) is 14.9 Å². The molecule has 1 aromatic heterocycles. The van der Waals surface area contributed by atoms with E-state index in [1.165, 1.54) is 0 Å². The predicted molar refractivity (Wildman–Crippen MR) is 72.3 cm³/mol. The minimum atomic E-state index is -0.779. The zero-order valence-corrected chi connectivity index (χ0v) is 12.0. The SMILES string of the molecule is CCc1nnsc1C(=O)NCCC(C)CCC(=O)O. The molecule has 6 nitrogen and oxygen atoms in total. The number of rotatable bonds is 8. The van der Waals surface area contributed by atoms with Gasteiger partial charge in [0.25, 0.3) is 5.91 Å². The third-order valence-electron chi connectivity index (χ3n) is 2.87. The van der Waals surface area contributed by atoms with Gasteiger partial charge in [-0.3, -0.25) is 9.59 Å². The summed E-state index contributed by atoms with van der Waals surface area (Å²) in [4.78, 5) is 22.9. The molecule has 0 bridgehead atoms. The number of hydrogen-bond donors (Lipinski definition) is 2. The monoisotopic (exact) mass is 285 g/mol. The van der Waals surface area contributed by atoms with Crippen LogP contribution < -0.4 is 5.32 Å². The highest BCUT2D eigenvalue weighted by atomic mass is 32.1. The summed E-state index contributed by atoms with van der Waals surface area (Å²) in [6, 6.07) is 0. The molecule has 0 spiro atoms. The number of nitrogens with zero attached hydrogens (tertiary/aromatic N) is 2. The lowest BCUT2D eigenvalue weighted by atomic mass is 10.0. The van der Waals surface area contributed by atoms with Crippen LogP contribution in [0.25, 0.3) is 0 Å². The quantitative estimate of drug-likeness (QED) is 0.758. The van der Waals surface area contributed by atoms with E-state index in [0.717, 1.165) is 23.6 Å². The number of nitrogens with one attached hydrogen (secondary N) is 1. The molecule has 0 fully saturated rings. The Bertz CT molecular complexity index is 434. The van der Waals surface area contributed by atoms with Crippen LogP contribution >= 0.6 is 11.5 Å². The second kappa shape index (κ2) is 7.83. The van der Waals surface area contributed by atoms with Crippen molar-refractivity contribution >= 4 is 23.4 Å². The van der Waals surface area contributed by atoms with E-state index in [-0.39, 0.29) is 18.2 Å². The van der Waals surface area contributed by atoms with Crippen molar-refractivity contribution in [1.82, 2.24) is 14.9 Å². The molecule has 0 saturated carbocycles. The molecule has 1 atom stereocenters. The molecule has 0 aliphatic carbocycles. The average Bonchev–Trinajstić information content (AvgIpc) is 2.84. The first kappa shape index (κ1) is 15.6. The van der Waals surface area contributed by atoms with Gasteiger partial charge in [0.15, 0.2) is 0 Å². The van der Waals surface area contributed by atoms with Crippen molar-refractivity contribution in [2.75, 3.05) is 6.54 Å². The average molecular weight is 285 g/mol. The van der Waals surface area contributed by atoms with Gasteiger partial charge in [0.05, 0.1) is 5.69 Å². The van der Waals surface area contributed by atoms with Gasteiger partial charge in [0, 0.05) is 13.0 Å². The van der Waals surface area contributed by atoms with Crippen molar-refractivity contribution < 1.29 is 14.7 Å². The van der Waals surface area contributed by atoms with Gasteiger partial charge in [-0.15, -0.1) is 5.10 Å². The Hall–Kier alpha value is -1.50. The van der Waals surface area contributed by atoms with Crippen LogP contribution in [-0.4, -0.2) is 33.1 Å². The maximum absolute atomic E-state index is 11.9. The summed E-state index contributed by atoms with van der Waals surface area (Å²) in [5.74, 6) is -0.641. The standard InChI is InChI=1S/C12H19N3O3S/c1-3-9-11(19-15-14-9)12(18)13-7-6-8(2)4-5-10(16)17/h8H,3-7H2,1-2H3,(H,13,18)(H,16,17). The number of carboxylic acid groups (broad SMARTS) is 1. The molecule has 106 valence electrons. The summed E-state index contributed by atoms with van der Waals surface area (Å²) < 4.78 is 3.77. The Morgan fingerprint density at radius 2 is 2.16 bits per heavy atom. The fourth-order valence-corrected chi connectivity index (χ4v) is 2.31. The molecule has 0 radical (unpaired) electrons. The zero-order chi connectivity index (χ0) is 14.3. The van der Waals surface area contributed by atoms with E-state index in [0.29, 0.717) is 24.3 Å². The third kappa shape index (κ3) is 5.34. The maximum Gasteiger partial charge on any atom is 0.303 e. The molecule has 1 unspecified atom stereocenters. The smallest absolute Gasteiger partial charge is 0.303 e. The van der Waals surface area contributed by atoms with E-state index in [9.17, 15) is 9.59 Å². The zero-order valence-electron chi connectivity index (χ0n) is 11.2. The summed E-state index contributed by atoms with van der Waals surface area (Å²) in [5, 5.41) is 15.3. The molecule has 1 rings (SSSR count). The summed E-state index contributed by atoms with van der Waals surface area (Å²) in [6.45, 7) is 4.46. The lowest BCUT2D eigenvalue weighted by molar-refractivity contribution is -0.137. The first-order chi connectivity index (χ1) is 9.04. The molecule has 0 aliphatic heterocycles. The molecule has 19 heavy (non-hydrogen) atoms. The number of carboxylic acids is 1. The lowest BCUT2D eigenvalue weighted by Gasteiger charge is -2.10. The molecule has 2 N–H and O–H groups in total. The van der Waals surface area contributed by atoms with Crippen LogP contribution in [0.2, 0.25) is 0 Å². The third-order valence-corrected chi connectivity index (χ3v) is 3.64. The van der Waals surface area contributed by atoms with Gasteiger partial charge in [-0.05, 0) is 36.7 Å². The molecule has 0 aromatic carbocycles. The van der Waals surface area contributed by atoms with E-state index < -0.39 is 5.97 Å². The van der Waals surface area contributed by atoms with E-state index in [1.54, 1.807) is 0 Å². The van der Waals surface area contributed by atoms with Gasteiger partial charge in [-0.25, -0.2) is 0 Å². The highest BCUT2D eigenvalue weighted by Gasteiger charge is 2.14. The largest absolute Gasteiger partial charge is 0.481 e. The number of amides is 1. The van der Waals surface area contributed by atoms with Crippen molar-refractivity contribution in [1.29, 1.82) is 0 Å². The molecule has 0 aliphatic rings. The lowest BCUT2D eigenvalue weighted by Crippen LogP contribution is -2.25. The van der Waals surface area contributed by atoms with E-state index in [1.807, 2.05) is 13.8 Å². The summed E-state index contributed by atoms with van der Waals surface area (Å²) in [5.41, 5.74) is 0.724. The Morgan fingerprint density at radius 3 is 2.79 bits per heavy atom. The second-order valence-corrected chi connectivity index (χ2v) is 5.24. The maximum atomic E-state index is 11.9. The fourth-order valence-electron chi connectivity index (χ4n) is 1.64. The summed E-state index contributed by atoms with van der Waals surface area (Å²) in [7, 11) is 0. The van der Waals surface area contributed by atoms with Gasteiger partial charge in [0.2, 0.25) is 0 Å². The second-order valence-electron chi connectivity index (χ2n) is 4.48. The first-order valence-corrected chi connectivity index (χ1v) is 7.13. The number of aromatic nitrogens is 2. The number of aliphatic carboxylic acids is 1. The highest BCUT2D eigenvalue weighted by molar-refractivity contribution is 7.08. The first-order valence-electron chi connectivity index (χ1n) is 6.35. The van der Waals surface area contributed by atoms with Crippen molar-refractivity contribution in [2.24, 2.45) is 5.92 Å². The number of aryl methyl sites for hydroxylation is 1. The molecular formula is C12H19N3O3S. The number of carbonyl (C=O) groups excluding carboxylic acids is 1. The topological polar surface area (TPSA) is 92.2 Å². The van der Waals surface area contributed by atoms with Crippen LogP contribution in [0.4, 0.5) is 0 Å². The van der Waals surface area contributed by atoms with Crippen LogP contribution in [0.5, 0.6) is 0 Å². The molecule has 0 saturated heterocycles. The molecule has 7 heteroatoms. The van der Waals surface area contributed by atoms with Gasteiger partial charge in [0.1, 0.15) is 4.88 Å². The van der Waals surface area contributed by atoms with Crippen molar-refractivity contribution in [2.45, 2.75) is 39.5 Å². The molecule has 1 heterocycles. The Kier molecular flexibility index (Phi) is 6.41. The molecular weight excluding hydrogens is 266 g/mol. The molecule has 1 amide bonds. The normalized spacial score (nSPS) is 12.1. The summed E-state index contributed by atoms with van der Waals surface area (Å²) in [6.07, 6.45) is 2.27. The van der Waals surface area contributed by atoms with Gasteiger partial charge in [-0.1, -0.05) is 18.3 Å². The van der Waals surface area contributed by atoms with E-state index >= 15 is 0 Å². The van der Waals surface area contributed by atoms with Crippen LogP contribution in [-0.2, 0) is 11.2 Å². The number of carbonyl (C=O) groups is 2. The fraction of sp³-hybridized carbons (Fsp3) is 0.667. The Morgan fingerprint density at radius 1 is 1.42 bits per heavy atom. The van der Waals surface area contributed by atoms with Crippen molar-refractivity contribution in [3.05, 3.63) is 10.6 Å². The predicted octanol–water partition coefficient (Wildman–Crippen LogP) is 1.72. The van der Waals surface area contributed by atoms with Crippen LogP contribution in [0.1, 0.15) is 48.5 Å². The van der Waals surface area contributed by atoms with Crippen LogP contribution in [0, 0.1) is 5.92 Å². The minimum absolute atomic E-state index is 0.141. The Labute approximate surface area is 116 Å². The van der Waals surface area contributed by atoms with Crippen LogP contribution in [0.3, 0.4) is 0 Å².